The first-order chi connectivity index (χ1) is 10.3. The highest BCUT2D eigenvalue weighted by Crippen LogP contribution is 2.25. The van der Waals surface area contributed by atoms with Crippen molar-refractivity contribution in [1.82, 2.24) is 4.72 Å². The first kappa shape index (κ1) is 17.3. The number of sulfonamides is 1. The lowest BCUT2D eigenvalue weighted by Gasteiger charge is -2.10. The van der Waals surface area contributed by atoms with E-state index in [-0.39, 0.29) is 16.5 Å². The molecule has 6 heteroatoms. The van der Waals surface area contributed by atoms with E-state index in [1.165, 1.54) is 17.7 Å². The van der Waals surface area contributed by atoms with Crippen LogP contribution in [0.1, 0.15) is 30.9 Å². The van der Waals surface area contributed by atoms with E-state index in [0.717, 1.165) is 5.56 Å². The molecule has 0 saturated carbocycles. The zero-order valence-electron chi connectivity index (χ0n) is 12.3. The smallest absolute Gasteiger partial charge is 0.207 e. The molecule has 0 amide bonds. The average Bonchev–Trinajstić information content (AvgIpc) is 2.48. The second-order valence-electron chi connectivity index (χ2n) is 5.30. The maximum atomic E-state index is 12.3. The van der Waals surface area contributed by atoms with Gasteiger partial charge in [0.25, 0.3) is 0 Å². The summed E-state index contributed by atoms with van der Waals surface area (Å²) in [6.45, 7) is 4.42. The number of hydrogen-bond acceptors (Lipinski definition) is 2. The van der Waals surface area contributed by atoms with E-state index in [1.807, 2.05) is 24.3 Å². The molecule has 0 bridgehead atoms. The second kappa shape index (κ2) is 7.01. The van der Waals surface area contributed by atoms with E-state index in [4.69, 9.17) is 23.2 Å². The van der Waals surface area contributed by atoms with Crippen LogP contribution in [-0.4, -0.2) is 8.42 Å². The number of benzene rings is 2. The van der Waals surface area contributed by atoms with Crippen LogP contribution < -0.4 is 4.72 Å². The largest absolute Gasteiger partial charge is 0.242 e. The summed E-state index contributed by atoms with van der Waals surface area (Å²) in [5.41, 5.74) is 2.09. The van der Waals surface area contributed by atoms with Gasteiger partial charge < -0.3 is 0 Å². The lowest BCUT2D eigenvalue weighted by Crippen LogP contribution is -2.23. The molecule has 1 N–H and O–H groups in total. The molecule has 2 aromatic rings. The van der Waals surface area contributed by atoms with Gasteiger partial charge in [0.15, 0.2) is 0 Å². The standard InChI is InChI=1S/C16H17Cl2NO2S/c1-11(2)13-5-3-12(4-6-13)10-19-22(20,21)16-9-14(17)7-8-15(16)18/h3-9,11,19H,10H2,1-2H3. The van der Waals surface area contributed by atoms with E-state index in [2.05, 4.69) is 18.6 Å². The zero-order chi connectivity index (χ0) is 16.3. The van der Waals surface area contributed by atoms with Gasteiger partial charge in [-0.05, 0) is 35.2 Å². The van der Waals surface area contributed by atoms with Gasteiger partial charge in [0.05, 0.1) is 5.02 Å². The Hall–Kier alpha value is -1.07. The number of nitrogens with one attached hydrogen (secondary N) is 1. The molecule has 0 heterocycles. The fourth-order valence-electron chi connectivity index (χ4n) is 1.96. The highest BCUT2D eigenvalue weighted by atomic mass is 35.5. The highest BCUT2D eigenvalue weighted by Gasteiger charge is 2.18. The van der Waals surface area contributed by atoms with Crippen molar-refractivity contribution in [3.8, 4) is 0 Å². The SMILES string of the molecule is CC(C)c1ccc(CNS(=O)(=O)c2cc(Cl)ccc2Cl)cc1. The summed E-state index contributed by atoms with van der Waals surface area (Å²) in [5, 5.41) is 0.470. The van der Waals surface area contributed by atoms with Crippen molar-refractivity contribution in [3.05, 3.63) is 63.6 Å². The quantitative estimate of drug-likeness (QED) is 0.849. The summed E-state index contributed by atoms with van der Waals surface area (Å²) < 4.78 is 27.1. The molecule has 0 fully saturated rings. The van der Waals surface area contributed by atoms with Crippen LogP contribution in [0.5, 0.6) is 0 Å². The van der Waals surface area contributed by atoms with Crippen LogP contribution >= 0.6 is 23.2 Å². The molecule has 2 rings (SSSR count). The monoisotopic (exact) mass is 357 g/mol. The third-order valence-electron chi connectivity index (χ3n) is 3.30. The minimum absolute atomic E-state index is 0.0135. The van der Waals surface area contributed by atoms with Crippen molar-refractivity contribution >= 4 is 33.2 Å². The van der Waals surface area contributed by atoms with E-state index in [9.17, 15) is 8.42 Å². The third-order valence-corrected chi connectivity index (χ3v) is 5.41. The lowest BCUT2D eigenvalue weighted by atomic mass is 10.0. The Morgan fingerprint density at radius 1 is 1.05 bits per heavy atom. The predicted molar refractivity (Wildman–Crippen MR) is 91.0 cm³/mol. The third kappa shape index (κ3) is 4.23. The Balaban J connectivity index is 2.14. The first-order valence-corrected chi connectivity index (χ1v) is 9.07. The Kier molecular flexibility index (Phi) is 5.50. The van der Waals surface area contributed by atoms with E-state index >= 15 is 0 Å². The molecule has 0 saturated heterocycles. The van der Waals surface area contributed by atoms with Crippen molar-refractivity contribution in [3.63, 3.8) is 0 Å². The van der Waals surface area contributed by atoms with Crippen molar-refractivity contribution in [2.75, 3.05) is 0 Å². The summed E-state index contributed by atoms with van der Waals surface area (Å²) in [7, 11) is -3.70. The summed E-state index contributed by atoms with van der Waals surface area (Å²) in [6, 6.07) is 12.2. The van der Waals surface area contributed by atoms with E-state index in [0.29, 0.717) is 10.9 Å². The molecule has 0 aliphatic carbocycles. The Labute approximate surface area is 141 Å². The van der Waals surface area contributed by atoms with Gasteiger partial charge in [-0.15, -0.1) is 0 Å². The van der Waals surface area contributed by atoms with Gasteiger partial charge in [-0.25, -0.2) is 13.1 Å². The van der Waals surface area contributed by atoms with Crippen molar-refractivity contribution in [1.29, 1.82) is 0 Å². The van der Waals surface area contributed by atoms with Gasteiger partial charge in [-0.3, -0.25) is 0 Å². The van der Waals surface area contributed by atoms with Gasteiger partial charge in [-0.1, -0.05) is 61.3 Å². The lowest BCUT2D eigenvalue weighted by molar-refractivity contribution is 0.581. The molecule has 2 aromatic carbocycles. The molecule has 3 nitrogen and oxygen atoms in total. The van der Waals surface area contributed by atoms with Crippen molar-refractivity contribution < 1.29 is 8.42 Å². The maximum absolute atomic E-state index is 12.3. The summed E-state index contributed by atoms with van der Waals surface area (Å²) in [6.07, 6.45) is 0. The topological polar surface area (TPSA) is 46.2 Å². The van der Waals surface area contributed by atoms with Gasteiger partial charge in [0.1, 0.15) is 4.90 Å². The zero-order valence-corrected chi connectivity index (χ0v) is 14.6. The fraction of sp³-hybridized carbons (Fsp3) is 0.250. The van der Waals surface area contributed by atoms with Gasteiger partial charge in [0, 0.05) is 11.6 Å². The Morgan fingerprint density at radius 3 is 2.27 bits per heavy atom. The molecule has 0 unspecified atom stereocenters. The van der Waals surface area contributed by atoms with Crippen molar-refractivity contribution in [2.24, 2.45) is 0 Å². The Bertz CT molecular complexity index is 756. The normalized spacial score (nSPS) is 11.9. The van der Waals surface area contributed by atoms with Gasteiger partial charge in [0.2, 0.25) is 10.0 Å². The minimum atomic E-state index is -3.70. The highest BCUT2D eigenvalue weighted by molar-refractivity contribution is 7.89. The molecule has 0 aliphatic rings. The van der Waals surface area contributed by atoms with Crippen LogP contribution in [0.4, 0.5) is 0 Å². The Morgan fingerprint density at radius 2 is 1.68 bits per heavy atom. The molecule has 118 valence electrons. The van der Waals surface area contributed by atoms with Crippen LogP contribution in [0.15, 0.2) is 47.4 Å². The molecule has 0 atom stereocenters. The molecular formula is C16H17Cl2NO2S. The predicted octanol–water partition coefficient (Wildman–Crippen LogP) is 4.60. The second-order valence-corrected chi connectivity index (χ2v) is 7.87. The van der Waals surface area contributed by atoms with E-state index < -0.39 is 10.0 Å². The summed E-state index contributed by atoms with van der Waals surface area (Å²) in [5.74, 6) is 0.441. The van der Waals surface area contributed by atoms with Crippen LogP contribution in [0.3, 0.4) is 0 Å². The van der Waals surface area contributed by atoms with Crippen molar-refractivity contribution in [2.45, 2.75) is 31.2 Å². The number of halogens is 2. The van der Waals surface area contributed by atoms with Gasteiger partial charge >= 0.3 is 0 Å². The number of hydrogen-bond donors (Lipinski definition) is 1. The molecule has 0 spiro atoms. The molecule has 0 aromatic heterocycles. The minimum Gasteiger partial charge on any atom is -0.207 e. The van der Waals surface area contributed by atoms with Crippen LogP contribution in [-0.2, 0) is 16.6 Å². The van der Waals surface area contributed by atoms with Crippen LogP contribution in [0.2, 0.25) is 10.0 Å². The number of rotatable bonds is 5. The molecule has 22 heavy (non-hydrogen) atoms. The first-order valence-electron chi connectivity index (χ1n) is 6.83. The molecule has 0 radical (unpaired) electrons. The van der Waals surface area contributed by atoms with Gasteiger partial charge in [-0.2, -0.15) is 0 Å². The molecular weight excluding hydrogens is 341 g/mol. The summed E-state index contributed by atoms with van der Waals surface area (Å²) in [4.78, 5) is -0.0135. The molecule has 0 aliphatic heterocycles. The average molecular weight is 358 g/mol. The fourth-order valence-corrected chi connectivity index (χ4v) is 3.74. The maximum Gasteiger partial charge on any atom is 0.242 e. The van der Waals surface area contributed by atoms with Crippen LogP contribution in [0.25, 0.3) is 0 Å². The van der Waals surface area contributed by atoms with E-state index in [1.54, 1.807) is 6.07 Å². The van der Waals surface area contributed by atoms with Crippen LogP contribution in [0, 0.1) is 0 Å². The summed E-state index contributed by atoms with van der Waals surface area (Å²) >= 11 is 11.8.